The van der Waals surface area contributed by atoms with E-state index in [4.69, 9.17) is 9.47 Å². The summed E-state index contributed by atoms with van der Waals surface area (Å²) in [7, 11) is 3.00. The quantitative estimate of drug-likeness (QED) is 0.791. The molecule has 0 unspecified atom stereocenters. The summed E-state index contributed by atoms with van der Waals surface area (Å²) in [6.45, 7) is 3.96. The van der Waals surface area contributed by atoms with Crippen molar-refractivity contribution in [1.29, 1.82) is 0 Å². The number of ether oxygens (including phenoxy) is 2. The molecule has 1 N–H and O–H groups in total. The largest absolute Gasteiger partial charge is 0.495 e. The third kappa shape index (κ3) is 3.83. The van der Waals surface area contributed by atoms with Gasteiger partial charge in [-0.2, -0.15) is 0 Å². The summed E-state index contributed by atoms with van der Waals surface area (Å²) in [4.78, 5) is 37.8. The third-order valence-corrected chi connectivity index (χ3v) is 3.45. The normalized spacial score (nSPS) is 13.2. The summed E-state index contributed by atoms with van der Waals surface area (Å²) in [5.74, 6) is -0.223. The third-order valence-electron chi connectivity index (χ3n) is 3.45. The Morgan fingerprint density at radius 1 is 1.50 bits per heavy atom. The second-order valence-corrected chi connectivity index (χ2v) is 5.10. The summed E-state index contributed by atoms with van der Waals surface area (Å²) in [5, 5.41) is 2.68. The number of benzene rings is 1. The average molecular weight is 333 g/mol. The van der Waals surface area contributed by atoms with Gasteiger partial charge in [-0.05, 0) is 24.3 Å². The van der Waals surface area contributed by atoms with Crippen molar-refractivity contribution in [1.82, 2.24) is 4.90 Å². The average Bonchev–Trinajstić information content (AvgIpc) is 2.99. The molecule has 0 spiro atoms. The lowest BCUT2D eigenvalue weighted by atomic mass is 10.2. The molecule has 0 atom stereocenters. The predicted molar refractivity (Wildman–Crippen MR) is 88.2 cm³/mol. The molecule has 24 heavy (non-hydrogen) atoms. The number of amides is 3. The number of hydrogen-bond acceptors (Lipinski definition) is 5. The minimum atomic E-state index is -0.465. The van der Waals surface area contributed by atoms with Gasteiger partial charge in [0.25, 0.3) is 0 Å². The number of rotatable bonds is 6. The zero-order valence-corrected chi connectivity index (χ0v) is 13.6. The number of nitrogens with zero attached hydrogens (tertiary/aromatic N) is 2. The van der Waals surface area contributed by atoms with Gasteiger partial charge in [0, 0.05) is 12.7 Å². The van der Waals surface area contributed by atoms with E-state index in [-0.39, 0.29) is 18.4 Å². The van der Waals surface area contributed by atoms with Gasteiger partial charge in [0.2, 0.25) is 11.8 Å². The van der Waals surface area contributed by atoms with Crippen molar-refractivity contribution in [3.8, 4) is 5.75 Å². The number of likely N-dealkylation sites (N-methyl/N-ethyl adjacent to an activating group) is 1. The first-order valence-corrected chi connectivity index (χ1v) is 7.26. The van der Waals surface area contributed by atoms with Gasteiger partial charge in [0.05, 0.1) is 25.9 Å². The van der Waals surface area contributed by atoms with Crippen molar-refractivity contribution in [2.24, 2.45) is 0 Å². The molecule has 128 valence electrons. The van der Waals surface area contributed by atoms with Gasteiger partial charge in [-0.1, -0.05) is 6.58 Å². The molecule has 1 aromatic rings. The lowest BCUT2D eigenvalue weighted by Crippen LogP contribution is -2.33. The Hall–Kier alpha value is -3.03. The van der Waals surface area contributed by atoms with Crippen LogP contribution < -0.4 is 15.0 Å². The zero-order chi connectivity index (χ0) is 17.7. The van der Waals surface area contributed by atoms with E-state index in [1.807, 2.05) is 0 Å². The molecule has 0 radical (unpaired) electrons. The Kier molecular flexibility index (Phi) is 5.41. The number of anilines is 2. The molecule has 0 bridgehead atoms. The van der Waals surface area contributed by atoms with E-state index in [1.54, 1.807) is 18.2 Å². The van der Waals surface area contributed by atoms with Crippen molar-refractivity contribution in [3.63, 3.8) is 0 Å². The molecule has 0 aliphatic carbocycles. The molecule has 1 aliphatic rings. The molecule has 1 aromatic carbocycles. The topological polar surface area (TPSA) is 88.2 Å². The van der Waals surface area contributed by atoms with Crippen LogP contribution in [-0.2, 0) is 14.3 Å². The smallest absolute Gasteiger partial charge is 0.414 e. The van der Waals surface area contributed by atoms with E-state index < -0.39 is 6.09 Å². The molecule has 1 fully saturated rings. The molecule has 1 aliphatic heterocycles. The van der Waals surface area contributed by atoms with Crippen LogP contribution >= 0.6 is 0 Å². The highest BCUT2D eigenvalue weighted by Gasteiger charge is 2.26. The van der Waals surface area contributed by atoms with Crippen molar-refractivity contribution < 1.29 is 23.9 Å². The van der Waals surface area contributed by atoms with Gasteiger partial charge < -0.3 is 19.7 Å². The van der Waals surface area contributed by atoms with Crippen LogP contribution in [0.4, 0.5) is 16.2 Å². The van der Waals surface area contributed by atoms with Gasteiger partial charge in [-0.3, -0.25) is 14.5 Å². The highest BCUT2D eigenvalue weighted by Crippen LogP contribution is 2.33. The molecular formula is C16H19N3O5. The Morgan fingerprint density at radius 3 is 2.83 bits per heavy atom. The lowest BCUT2D eigenvalue weighted by molar-refractivity contribution is -0.129. The molecule has 0 saturated carbocycles. The zero-order valence-electron chi connectivity index (χ0n) is 13.6. The molecule has 1 saturated heterocycles. The molecule has 8 heteroatoms. The first kappa shape index (κ1) is 17.3. The van der Waals surface area contributed by atoms with E-state index in [2.05, 4.69) is 11.9 Å². The van der Waals surface area contributed by atoms with E-state index in [9.17, 15) is 14.4 Å². The summed E-state index contributed by atoms with van der Waals surface area (Å²) in [6, 6.07) is 4.92. The number of carbonyl (C=O) groups is 3. The summed E-state index contributed by atoms with van der Waals surface area (Å²) in [6.07, 6.45) is 0.672. The van der Waals surface area contributed by atoms with Crippen LogP contribution in [0.2, 0.25) is 0 Å². The Balaban J connectivity index is 2.13. The van der Waals surface area contributed by atoms with Crippen LogP contribution in [0.5, 0.6) is 5.75 Å². The number of cyclic esters (lactones) is 1. The summed E-state index contributed by atoms with van der Waals surface area (Å²) >= 11 is 0. The molecule has 8 nitrogen and oxygen atoms in total. The van der Waals surface area contributed by atoms with Crippen LogP contribution in [0, 0.1) is 0 Å². The SMILES string of the molecule is C=CC(=O)N(C)CC(=O)Nc1ccc(OC)c(N2CCOC2=O)c1. The van der Waals surface area contributed by atoms with Crippen molar-refractivity contribution in [2.45, 2.75) is 0 Å². The summed E-state index contributed by atoms with van der Waals surface area (Å²) < 4.78 is 10.2. The second-order valence-electron chi connectivity index (χ2n) is 5.10. The fraction of sp³-hybridized carbons (Fsp3) is 0.312. The van der Waals surface area contributed by atoms with Gasteiger partial charge in [-0.25, -0.2) is 4.79 Å². The van der Waals surface area contributed by atoms with Crippen molar-refractivity contribution >= 4 is 29.3 Å². The van der Waals surface area contributed by atoms with Gasteiger partial charge in [0.15, 0.2) is 0 Å². The second kappa shape index (κ2) is 7.49. The van der Waals surface area contributed by atoms with Crippen LogP contribution in [0.15, 0.2) is 30.9 Å². The number of hydrogen-bond donors (Lipinski definition) is 1. The minimum absolute atomic E-state index is 0.113. The minimum Gasteiger partial charge on any atom is -0.495 e. The maximum atomic E-state index is 12.0. The predicted octanol–water partition coefficient (Wildman–Crippen LogP) is 1.23. The maximum Gasteiger partial charge on any atom is 0.414 e. The van der Waals surface area contributed by atoms with Crippen LogP contribution in [0.25, 0.3) is 0 Å². The Morgan fingerprint density at radius 2 is 2.25 bits per heavy atom. The highest BCUT2D eigenvalue weighted by molar-refractivity contribution is 5.98. The van der Waals surface area contributed by atoms with Gasteiger partial charge in [-0.15, -0.1) is 0 Å². The van der Waals surface area contributed by atoms with Crippen molar-refractivity contribution in [3.05, 3.63) is 30.9 Å². The lowest BCUT2D eigenvalue weighted by Gasteiger charge is -2.19. The monoisotopic (exact) mass is 333 g/mol. The maximum absolute atomic E-state index is 12.0. The van der Waals surface area contributed by atoms with E-state index in [1.165, 1.54) is 24.0 Å². The molecule has 2 rings (SSSR count). The van der Waals surface area contributed by atoms with Crippen LogP contribution in [0.1, 0.15) is 0 Å². The molecule has 3 amide bonds. The number of carbonyl (C=O) groups excluding carboxylic acids is 3. The van der Waals surface area contributed by atoms with Gasteiger partial charge in [0.1, 0.15) is 12.4 Å². The standard InChI is InChI=1S/C16H19N3O5/c1-4-15(21)18(2)10-14(20)17-11-5-6-13(23-3)12(9-11)19-7-8-24-16(19)22/h4-6,9H,1,7-8,10H2,2-3H3,(H,17,20). The van der Waals surface area contributed by atoms with Crippen LogP contribution in [-0.4, -0.2) is 56.7 Å². The van der Waals surface area contributed by atoms with Gasteiger partial charge >= 0.3 is 6.09 Å². The first-order valence-electron chi connectivity index (χ1n) is 7.26. The highest BCUT2D eigenvalue weighted by atomic mass is 16.6. The fourth-order valence-corrected chi connectivity index (χ4v) is 2.24. The molecule has 0 aromatic heterocycles. The summed E-state index contributed by atoms with van der Waals surface area (Å²) in [5.41, 5.74) is 0.989. The van der Waals surface area contributed by atoms with E-state index in [0.717, 1.165) is 6.08 Å². The van der Waals surface area contributed by atoms with Crippen molar-refractivity contribution in [2.75, 3.05) is 44.1 Å². The van der Waals surface area contributed by atoms with E-state index >= 15 is 0 Å². The first-order chi connectivity index (χ1) is 11.5. The van der Waals surface area contributed by atoms with E-state index in [0.29, 0.717) is 30.3 Å². The Bertz CT molecular complexity index is 674. The number of nitrogens with one attached hydrogen (secondary N) is 1. The molecule has 1 heterocycles. The van der Waals surface area contributed by atoms with Crippen LogP contribution in [0.3, 0.4) is 0 Å². The fourth-order valence-electron chi connectivity index (χ4n) is 2.24. The Labute approximate surface area is 139 Å². The number of methoxy groups -OCH3 is 1. The molecular weight excluding hydrogens is 314 g/mol.